The number of fused-ring (bicyclic) bond motifs is 2. The summed E-state index contributed by atoms with van der Waals surface area (Å²) in [5.41, 5.74) is 0.870. The summed E-state index contributed by atoms with van der Waals surface area (Å²) in [6.07, 6.45) is 6.61. The fourth-order valence-electron chi connectivity index (χ4n) is 4.35. The molecule has 2 aliphatic heterocycles. The van der Waals surface area contributed by atoms with Crippen LogP contribution < -0.4 is 16.2 Å². The lowest BCUT2D eigenvalue weighted by molar-refractivity contribution is -0.117. The minimum atomic E-state index is -0.307. The van der Waals surface area contributed by atoms with Crippen LogP contribution in [0.3, 0.4) is 0 Å². The molecule has 0 aliphatic carbocycles. The lowest BCUT2D eigenvalue weighted by Gasteiger charge is -2.28. The second-order valence-corrected chi connectivity index (χ2v) is 7.71. The van der Waals surface area contributed by atoms with Crippen LogP contribution in [-0.2, 0) is 11.3 Å². The van der Waals surface area contributed by atoms with Gasteiger partial charge < -0.3 is 15.2 Å². The summed E-state index contributed by atoms with van der Waals surface area (Å²) in [4.78, 5) is 25.1. The lowest BCUT2D eigenvalue weighted by Crippen LogP contribution is -2.39. The molecule has 28 heavy (non-hydrogen) atoms. The number of rotatable bonds is 5. The SMILES string of the molecule is Cl.O=C(CC1CC2CCC(C1)N2)Nc1cccn(Cc2ccc(F)cc2)c1=O. The Morgan fingerprint density at radius 3 is 2.50 bits per heavy atom. The Bertz CT molecular complexity index is 872. The van der Waals surface area contributed by atoms with Gasteiger partial charge in [-0.25, -0.2) is 4.39 Å². The summed E-state index contributed by atoms with van der Waals surface area (Å²) in [5, 5.41) is 6.37. The first-order valence-corrected chi connectivity index (χ1v) is 9.56. The summed E-state index contributed by atoms with van der Waals surface area (Å²) in [7, 11) is 0. The van der Waals surface area contributed by atoms with E-state index in [2.05, 4.69) is 10.6 Å². The van der Waals surface area contributed by atoms with Crippen LogP contribution in [-0.4, -0.2) is 22.6 Å². The fourth-order valence-corrected chi connectivity index (χ4v) is 4.35. The number of nitrogens with zero attached hydrogens (tertiary/aromatic N) is 1. The van der Waals surface area contributed by atoms with Gasteiger partial charge in [-0.3, -0.25) is 9.59 Å². The van der Waals surface area contributed by atoms with Crippen LogP contribution in [0.15, 0.2) is 47.4 Å². The minimum Gasteiger partial charge on any atom is -0.321 e. The van der Waals surface area contributed by atoms with Crippen LogP contribution in [0.25, 0.3) is 0 Å². The van der Waals surface area contributed by atoms with E-state index in [0.29, 0.717) is 36.7 Å². The monoisotopic (exact) mass is 405 g/mol. The van der Waals surface area contributed by atoms with E-state index in [4.69, 9.17) is 0 Å². The van der Waals surface area contributed by atoms with Crippen LogP contribution in [0.4, 0.5) is 10.1 Å². The average Bonchev–Trinajstić information content (AvgIpc) is 2.98. The molecule has 2 bridgehead atoms. The smallest absolute Gasteiger partial charge is 0.274 e. The zero-order chi connectivity index (χ0) is 18.8. The molecule has 3 heterocycles. The predicted octanol–water partition coefficient (Wildman–Crippen LogP) is 3.32. The molecule has 2 N–H and O–H groups in total. The Hall–Kier alpha value is -2.18. The van der Waals surface area contributed by atoms with Crippen LogP contribution in [0.1, 0.15) is 37.7 Å². The van der Waals surface area contributed by atoms with Crippen LogP contribution >= 0.6 is 12.4 Å². The van der Waals surface area contributed by atoms with E-state index in [9.17, 15) is 14.0 Å². The Morgan fingerprint density at radius 1 is 1.14 bits per heavy atom. The van der Waals surface area contributed by atoms with Crippen molar-refractivity contribution in [1.29, 1.82) is 0 Å². The summed E-state index contributed by atoms with van der Waals surface area (Å²) in [5.74, 6) is -0.0229. The zero-order valence-electron chi connectivity index (χ0n) is 15.6. The molecule has 1 aromatic heterocycles. The Labute approximate surface area is 169 Å². The first-order valence-electron chi connectivity index (χ1n) is 9.56. The maximum absolute atomic E-state index is 13.0. The number of amides is 1. The third-order valence-electron chi connectivity index (χ3n) is 5.61. The Morgan fingerprint density at radius 2 is 1.82 bits per heavy atom. The molecule has 150 valence electrons. The van der Waals surface area contributed by atoms with Gasteiger partial charge in [0.25, 0.3) is 5.56 Å². The van der Waals surface area contributed by atoms with Gasteiger partial charge in [-0.15, -0.1) is 12.4 Å². The Kier molecular flexibility index (Phi) is 6.52. The number of pyridine rings is 1. The van der Waals surface area contributed by atoms with Gasteiger partial charge in [-0.2, -0.15) is 0 Å². The van der Waals surface area contributed by atoms with Crippen molar-refractivity contribution in [1.82, 2.24) is 9.88 Å². The fraction of sp³-hybridized carbons (Fsp3) is 0.429. The number of benzene rings is 1. The average molecular weight is 406 g/mol. The molecule has 2 fully saturated rings. The maximum atomic E-state index is 13.0. The quantitative estimate of drug-likeness (QED) is 0.802. The van der Waals surface area contributed by atoms with Gasteiger partial charge in [0.15, 0.2) is 0 Å². The highest BCUT2D eigenvalue weighted by Crippen LogP contribution is 2.32. The third-order valence-corrected chi connectivity index (χ3v) is 5.61. The zero-order valence-corrected chi connectivity index (χ0v) is 16.4. The van der Waals surface area contributed by atoms with Crippen molar-refractivity contribution < 1.29 is 9.18 Å². The predicted molar refractivity (Wildman–Crippen MR) is 109 cm³/mol. The van der Waals surface area contributed by atoms with Gasteiger partial charge in [-0.1, -0.05) is 12.1 Å². The van der Waals surface area contributed by atoms with E-state index in [1.54, 1.807) is 30.5 Å². The number of nitrogens with one attached hydrogen (secondary N) is 2. The van der Waals surface area contributed by atoms with Gasteiger partial charge in [0.1, 0.15) is 11.5 Å². The van der Waals surface area contributed by atoms with E-state index < -0.39 is 0 Å². The number of anilines is 1. The molecule has 0 saturated carbocycles. The van der Waals surface area contributed by atoms with Crippen LogP contribution in [0.2, 0.25) is 0 Å². The molecule has 2 saturated heterocycles. The molecule has 0 radical (unpaired) electrons. The maximum Gasteiger partial charge on any atom is 0.274 e. The van der Waals surface area contributed by atoms with E-state index >= 15 is 0 Å². The highest BCUT2D eigenvalue weighted by molar-refractivity contribution is 5.90. The second kappa shape index (κ2) is 8.88. The van der Waals surface area contributed by atoms with Gasteiger partial charge in [0.05, 0.1) is 6.54 Å². The van der Waals surface area contributed by atoms with Crippen molar-refractivity contribution in [3.63, 3.8) is 0 Å². The molecule has 4 rings (SSSR count). The lowest BCUT2D eigenvalue weighted by atomic mass is 9.89. The number of carbonyl (C=O) groups is 1. The topological polar surface area (TPSA) is 63.1 Å². The molecule has 5 nitrogen and oxygen atoms in total. The van der Waals surface area contributed by atoms with E-state index in [-0.39, 0.29) is 29.7 Å². The second-order valence-electron chi connectivity index (χ2n) is 7.71. The summed E-state index contributed by atoms with van der Waals surface area (Å²) in [6.45, 7) is 0.334. The largest absolute Gasteiger partial charge is 0.321 e. The molecule has 2 unspecified atom stereocenters. The van der Waals surface area contributed by atoms with Crippen molar-refractivity contribution in [2.45, 2.75) is 50.7 Å². The minimum absolute atomic E-state index is 0. The van der Waals surface area contributed by atoms with E-state index in [1.807, 2.05) is 0 Å². The van der Waals surface area contributed by atoms with Crippen molar-refractivity contribution in [2.75, 3.05) is 5.32 Å². The molecule has 2 aliphatic rings. The summed E-state index contributed by atoms with van der Waals surface area (Å²) < 4.78 is 14.6. The molecule has 7 heteroatoms. The number of aromatic nitrogens is 1. The number of hydrogen-bond donors (Lipinski definition) is 2. The molecule has 1 amide bonds. The molecular weight excluding hydrogens is 381 g/mol. The van der Waals surface area contributed by atoms with E-state index in [1.165, 1.54) is 29.5 Å². The van der Waals surface area contributed by atoms with Crippen LogP contribution in [0, 0.1) is 11.7 Å². The molecule has 0 spiro atoms. The van der Waals surface area contributed by atoms with Crippen molar-refractivity contribution >= 4 is 24.0 Å². The number of piperidine rings is 1. The standard InChI is InChI=1S/C21H24FN3O2.ClH/c22-16-5-3-14(4-6-16)13-25-9-1-2-19(21(25)27)24-20(26)12-15-10-17-7-8-18(11-15)23-17;/h1-6,9,15,17-18,23H,7-8,10-13H2,(H,24,26);1H. The number of carbonyl (C=O) groups excluding carboxylic acids is 1. The van der Waals surface area contributed by atoms with Gasteiger partial charge in [0.2, 0.25) is 5.91 Å². The van der Waals surface area contributed by atoms with Gasteiger partial charge in [-0.05, 0) is 61.4 Å². The van der Waals surface area contributed by atoms with Crippen LogP contribution in [0.5, 0.6) is 0 Å². The van der Waals surface area contributed by atoms with Crippen molar-refractivity contribution in [3.05, 3.63) is 64.3 Å². The van der Waals surface area contributed by atoms with Gasteiger partial charge >= 0.3 is 0 Å². The summed E-state index contributed by atoms with van der Waals surface area (Å²) >= 11 is 0. The first kappa shape index (κ1) is 20.6. The molecule has 1 aromatic carbocycles. The van der Waals surface area contributed by atoms with Gasteiger partial charge in [0, 0.05) is 24.7 Å². The molecule has 2 aromatic rings. The Balaban J connectivity index is 0.00000225. The first-order chi connectivity index (χ1) is 13.1. The third kappa shape index (κ3) is 4.80. The highest BCUT2D eigenvalue weighted by atomic mass is 35.5. The van der Waals surface area contributed by atoms with Crippen molar-refractivity contribution in [3.8, 4) is 0 Å². The highest BCUT2D eigenvalue weighted by Gasteiger charge is 2.34. The van der Waals surface area contributed by atoms with Crippen molar-refractivity contribution in [2.24, 2.45) is 5.92 Å². The number of halogens is 2. The molecule has 2 atom stereocenters. The normalized spacial score (nSPS) is 23.1. The number of hydrogen-bond acceptors (Lipinski definition) is 3. The van der Waals surface area contributed by atoms with E-state index in [0.717, 1.165) is 18.4 Å². The molecular formula is C21H25ClFN3O2. The summed E-state index contributed by atoms with van der Waals surface area (Å²) in [6, 6.07) is 10.5.